The highest BCUT2D eigenvalue weighted by Crippen LogP contribution is 2.25. The Morgan fingerprint density at radius 3 is 2.34 bits per heavy atom. The van der Waals surface area contributed by atoms with Gasteiger partial charge in [0.15, 0.2) is 0 Å². The second-order valence-corrected chi connectivity index (χ2v) is 9.19. The van der Waals surface area contributed by atoms with Crippen molar-refractivity contribution in [1.29, 1.82) is 0 Å². The summed E-state index contributed by atoms with van der Waals surface area (Å²) in [5.41, 5.74) is 5.07. The second-order valence-electron chi connectivity index (χ2n) is 7.63. The molecule has 0 fully saturated rings. The molecule has 4 rings (SSSR count). The van der Waals surface area contributed by atoms with Crippen LogP contribution in [0.5, 0.6) is 0 Å². The van der Waals surface area contributed by atoms with Crippen molar-refractivity contribution in [2.75, 3.05) is 6.54 Å². The molecule has 32 heavy (non-hydrogen) atoms. The van der Waals surface area contributed by atoms with Gasteiger partial charge in [0.1, 0.15) is 0 Å². The van der Waals surface area contributed by atoms with E-state index in [-0.39, 0.29) is 10.8 Å². The molecule has 0 bridgehead atoms. The molecule has 0 aliphatic heterocycles. The molecule has 1 amide bonds. The molecule has 6 nitrogen and oxygen atoms in total. The summed E-state index contributed by atoms with van der Waals surface area (Å²) in [6.07, 6.45) is 0.560. The number of rotatable bonds is 6. The minimum Gasteiger partial charge on any atom is -0.352 e. The number of sulfonamides is 1. The standard InChI is InChI=1S/C25H23N3O3S/c1-17-6-10-19(11-7-17)24-16-22(21-4-2-3-5-23(21)28-24)25(29)27-15-14-18-8-12-20(13-9-18)32(26,30)31/h2-13,16H,14-15H2,1H3,(H,27,29)(H2,26,30,31). The Bertz CT molecular complexity index is 1380. The second kappa shape index (κ2) is 8.90. The van der Waals surface area contributed by atoms with E-state index in [2.05, 4.69) is 5.32 Å². The van der Waals surface area contributed by atoms with Crippen LogP contribution in [0.25, 0.3) is 22.2 Å². The first-order valence-electron chi connectivity index (χ1n) is 10.2. The van der Waals surface area contributed by atoms with Crippen LogP contribution in [0.2, 0.25) is 0 Å². The van der Waals surface area contributed by atoms with Gasteiger partial charge in [0.2, 0.25) is 10.0 Å². The van der Waals surface area contributed by atoms with Crippen LogP contribution in [0.15, 0.2) is 83.8 Å². The Labute approximate surface area is 187 Å². The van der Waals surface area contributed by atoms with Crippen LogP contribution >= 0.6 is 0 Å². The number of aryl methyl sites for hydroxylation is 1. The zero-order valence-corrected chi connectivity index (χ0v) is 18.4. The number of hydrogen-bond donors (Lipinski definition) is 2. The number of carbonyl (C=O) groups excluding carboxylic acids is 1. The predicted molar refractivity (Wildman–Crippen MR) is 126 cm³/mol. The minimum absolute atomic E-state index is 0.0668. The number of hydrogen-bond acceptors (Lipinski definition) is 4. The average molecular weight is 446 g/mol. The van der Waals surface area contributed by atoms with Crippen LogP contribution in [-0.4, -0.2) is 25.9 Å². The lowest BCUT2D eigenvalue weighted by Crippen LogP contribution is -2.26. The third-order valence-corrected chi connectivity index (χ3v) is 6.19. The SMILES string of the molecule is Cc1ccc(-c2cc(C(=O)NCCc3ccc(S(N)(=O)=O)cc3)c3ccccc3n2)cc1. The minimum atomic E-state index is -3.72. The molecule has 0 atom stereocenters. The highest BCUT2D eigenvalue weighted by atomic mass is 32.2. The maximum absolute atomic E-state index is 13.0. The van der Waals surface area contributed by atoms with Crippen molar-refractivity contribution >= 4 is 26.8 Å². The molecule has 3 N–H and O–H groups in total. The van der Waals surface area contributed by atoms with Gasteiger partial charge in [0.05, 0.1) is 21.7 Å². The van der Waals surface area contributed by atoms with E-state index in [1.165, 1.54) is 12.1 Å². The van der Waals surface area contributed by atoms with Crippen molar-refractivity contribution in [2.24, 2.45) is 5.14 Å². The lowest BCUT2D eigenvalue weighted by Gasteiger charge is -2.11. The number of amides is 1. The molecule has 0 saturated heterocycles. The van der Waals surface area contributed by atoms with E-state index in [9.17, 15) is 13.2 Å². The first-order valence-corrected chi connectivity index (χ1v) is 11.7. The van der Waals surface area contributed by atoms with E-state index >= 15 is 0 Å². The van der Waals surface area contributed by atoms with Crippen molar-refractivity contribution in [3.05, 3.63) is 95.6 Å². The third-order valence-electron chi connectivity index (χ3n) is 5.26. The van der Waals surface area contributed by atoms with Gasteiger partial charge in [0.25, 0.3) is 5.91 Å². The molecule has 0 saturated carbocycles. The summed E-state index contributed by atoms with van der Waals surface area (Å²) in [5, 5.41) is 8.88. The fourth-order valence-electron chi connectivity index (χ4n) is 3.50. The molecule has 1 aromatic heterocycles. The van der Waals surface area contributed by atoms with Crippen LogP contribution < -0.4 is 10.5 Å². The van der Waals surface area contributed by atoms with E-state index in [4.69, 9.17) is 10.1 Å². The molecule has 1 heterocycles. The Hall–Kier alpha value is -3.55. The predicted octanol–water partition coefficient (Wildman–Crippen LogP) is 3.83. The third kappa shape index (κ3) is 4.85. The van der Waals surface area contributed by atoms with Crippen LogP contribution in [0.4, 0.5) is 0 Å². The van der Waals surface area contributed by atoms with Crippen molar-refractivity contribution in [3.8, 4) is 11.3 Å². The normalized spacial score (nSPS) is 11.4. The molecule has 0 aliphatic rings. The smallest absolute Gasteiger partial charge is 0.252 e. The lowest BCUT2D eigenvalue weighted by atomic mass is 10.0. The van der Waals surface area contributed by atoms with Crippen LogP contribution in [0.3, 0.4) is 0 Å². The zero-order chi connectivity index (χ0) is 22.7. The number of benzene rings is 3. The van der Waals surface area contributed by atoms with Crippen molar-refractivity contribution in [2.45, 2.75) is 18.2 Å². The fourth-order valence-corrected chi connectivity index (χ4v) is 4.01. The fraction of sp³-hybridized carbons (Fsp3) is 0.120. The van der Waals surface area contributed by atoms with E-state index < -0.39 is 10.0 Å². The number of carbonyl (C=O) groups is 1. The molecular formula is C25H23N3O3S. The zero-order valence-electron chi connectivity index (χ0n) is 17.6. The summed E-state index contributed by atoms with van der Waals surface area (Å²) in [5.74, 6) is -0.182. The number of primary sulfonamides is 1. The molecule has 0 unspecified atom stereocenters. The van der Waals surface area contributed by atoms with E-state index in [0.717, 1.165) is 33.3 Å². The molecule has 0 radical (unpaired) electrons. The lowest BCUT2D eigenvalue weighted by molar-refractivity contribution is 0.0955. The topological polar surface area (TPSA) is 102 Å². The summed E-state index contributed by atoms with van der Waals surface area (Å²) in [6.45, 7) is 2.43. The van der Waals surface area contributed by atoms with Gasteiger partial charge >= 0.3 is 0 Å². The average Bonchev–Trinajstić information content (AvgIpc) is 2.78. The van der Waals surface area contributed by atoms with Crippen LogP contribution in [0.1, 0.15) is 21.5 Å². The molecule has 3 aromatic carbocycles. The number of para-hydroxylation sites is 1. The van der Waals surface area contributed by atoms with Gasteiger partial charge < -0.3 is 5.32 Å². The molecule has 7 heteroatoms. The first kappa shape index (κ1) is 21.7. The van der Waals surface area contributed by atoms with Gasteiger partial charge in [0, 0.05) is 17.5 Å². The number of nitrogens with one attached hydrogen (secondary N) is 1. The van der Waals surface area contributed by atoms with Gasteiger partial charge in [-0.25, -0.2) is 18.5 Å². The van der Waals surface area contributed by atoms with Crippen molar-refractivity contribution < 1.29 is 13.2 Å². The van der Waals surface area contributed by atoms with Crippen molar-refractivity contribution in [1.82, 2.24) is 10.3 Å². The Morgan fingerprint density at radius 2 is 1.66 bits per heavy atom. The molecule has 0 aliphatic carbocycles. The Morgan fingerprint density at radius 1 is 0.969 bits per heavy atom. The van der Waals surface area contributed by atoms with Gasteiger partial charge in [-0.2, -0.15) is 0 Å². The molecule has 0 spiro atoms. The van der Waals surface area contributed by atoms with E-state index in [1.807, 2.05) is 61.5 Å². The maximum atomic E-state index is 13.0. The quantitative estimate of drug-likeness (QED) is 0.471. The van der Waals surface area contributed by atoms with Crippen LogP contribution in [-0.2, 0) is 16.4 Å². The number of pyridine rings is 1. The monoisotopic (exact) mass is 445 g/mol. The molecule has 162 valence electrons. The highest BCUT2D eigenvalue weighted by Gasteiger charge is 2.14. The van der Waals surface area contributed by atoms with Gasteiger partial charge in [-0.05, 0) is 43.2 Å². The van der Waals surface area contributed by atoms with Crippen LogP contribution in [0, 0.1) is 6.92 Å². The highest BCUT2D eigenvalue weighted by molar-refractivity contribution is 7.89. The van der Waals surface area contributed by atoms with Gasteiger partial charge in [-0.3, -0.25) is 4.79 Å². The van der Waals surface area contributed by atoms with Gasteiger partial charge in [-0.15, -0.1) is 0 Å². The maximum Gasteiger partial charge on any atom is 0.252 e. The van der Waals surface area contributed by atoms with E-state index in [1.54, 1.807) is 12.1 Å². The molecule has 4 aromatic rings. The number of aromatic nitrogens is 1. The largest absolute Gasteiger partial charge is 0.352 e. The van der Waals surface area contributed by atoms with Crippen molar-refractivity contribution in [3.63, 3.8) is 0 Å². The summed E-state index contributed by atoms with van der Waals surface area (Å²) in [6, 6.07) is 23.8. The summed E-state index contributed by atoms with van der Waals surface area (Å²) in [7, 11) is -3.72. The number of fused-ring (bicyclic) bond motifs is 1. The number of nitrogens with zero attached hydrogens (tertiary/aromatic N) is 1. The van der Waals surface area contributed by atoms with E-state index in [0.29, 0.717) is 18.5 Å². The van der Waals surface area contributed by atoms with Gasteiger partial charge in [-0.1, -0.05) is 60.2 Å². The summed E-state index contributed by atoms with van der Waals surface area (Å²) in [4.78, 5) is 17.8. The summed E-state index contributed by atoms with van der Waals surface area (Å²) < 4.78 is 22.7. The summed E-state index contributed by atoms with van der Waals surface area (Å²) >= 11 is 0. The number of nitrogens with two attached hydrogens (primary N) is 1. The Kier molecular flexibility index (Phi) is 6.03. The first-order chi connectivity index (χ1) is 15.3. The molecular weight excluding hydrogens is 422 g/mol. The Balaban J connectivity index is 1.54.